The maximum absolute atomic E-state index is 5.31. The number of likely N-dealkylation sites (tertiary alicyclic amines) is 1. The summed E-state index contributed by atoms with van der Waals surface area (Å²) >= 11 is 0. The summed E-state index contributed by atoms with van der Waals surface area (Å²) in [7, 11) is 3.98. The van der Waals surface area contributed by atoms with Crippen LogP contribution in [0.15, 0.2) is 35.3 Å². The first-order valence-corrected chi connectivity index (χ1v) is 9.90. The molecule has 1 N–H and O–H groups in total. The third-order valence-corrected chi connectivity index (χ3v) is 5.16. The third-order valence-electron chi connectivity index (χ3n) is 5.16. The quantitative estimate of drug-likeness (QED) is 0.543. The van der Waals surface area contributed by atoms with E-state index in [1.165, 1.54) is 12.0 Å². The van der Waals surface area contributed by atoms with E-state index >= 15 is 0 Å². The van der Waals surface area contributed by atoms with Gasteiger partial charge in [-0.2, -0.15) is 0 Å². The normalized spacial score (nSPS) is 19.2. The van der Waals surface area contributed by atoms with Crippen molar-refractivity contribution in [3.8, 4) is 0 Å². The molecule has 1 aromatic rings. The molecule has 5 nitrogen and oxygen atoms in total. The summed E-state index contributed by atoms with van der Waals surface area (Å²) in [5.74, 6) is 1.68. The predicted molar refractivity (Wildman–Crippen MR) is 110 cm³/mol. The molecule has 1 fully saturated rings. The molecule has 2 atom stereocenters. The number of hydrogen-bond acceptors (Lipinski definition) is 3. The lowest BCUT2D eigenvalue weighted by molar-refractivity contribution is 0.157. The first-order chi connectivity index (χ1) is 12.6. The van der Waals surface area contributed by atoms with Crippen LogP contribution in [0.1, 0.15) is 32.3 Å². The molecule has 2 rings (SSSR count). The highest BCUT2D eigenvalue weighted by atomic mass is 16.5. The summed E-state index contributed by atoms with van der Waals surface area (Å²) in [5, 5.41) is 3.45. The smallest absolute Gasteiger partial charge is 0.193 e. The van der Waals surface area contributed by atoms with Crippen LogP contribution in [0, 0.1) is 5.92 Å². The Hall–Kier alpha value is -1.59. The van der Waals surface area contributed by atoms with Gasteiger partial charge in [0.15, 0.2) is 5.96 Å². The molecule has 0 bridgehead atoms. The highest BCUT2D eigenvalue weighted by Crippen LogP contribution is 2.16. The third kappa shape index (κ3) is 6.61. The Labute approximate surface area is 159 Å². The van der Waals surface area contributed by atoms with E-state index in [0.717, 1.165) is 51.7 Å². The summed E-state index contributed by atoms with van der Waals surface area (Å²) in [5.41, 5.74) is 1.36. The van der Waals surface area contributed by atoms with Gasteiger partial charge in [0.25, 0.3) is 0 Å². The number of guanidine groups is 1. The lowest BCUT2D eigenvalue weighted by Gasteiger charge is -2.25. The molecule has 2 unspecified atom stereocenters. The van der Waals surface area contributed by atoms with Gasteiger partial charge in [-0.05, 0) is 39.3 Å². The number of ether oxygens (including phenoxy) is 1. The van der Waals surface area contributed by atoms with Crippen molar-refractivity contribution >= 4 is 5.96 Å². The maximum Gasteiger partial charge on any atom is 0.193 e. The Balaban J connectivity index is 1.81. The average molecular weight is 361 g/mol. The van der Waals surface area contributed by atoms with E-state index in [0.29, 0.717) is 12.0 Å². The average Bonchev–Trinajstić information content (AvgIpc) is 3.10. The molecule has 1 aromatic carbocycles. The highest BCUT2D eigenvalue weighted by Gasteiger charge is 2.24. The molecule has 1 heterocycles. The second-order valence-electron chi connectivity index (χ2n) is 7.33. The topological polar surface area (TPSA) is 40.1 Å². The highest BCUT2D eigenvalue weighted by molar-refractivity contribution is 5.80. The Kier molecular flexibility index (Phi) is 8.92. The van der Waals surface area contributed by atoms with E-state index in [1.807, 2.05) is 0 Å². The molecule has 0 amide bonds. The summed E-state index contributed by atoms with van der Waals surface area (Å²) in [6.45, 7) is 10.1. The van der Waals surface area contributed by atoms with E-state index < -0.39 is 0 Å². The Morgan fingerprint density at radius 3 is 2.85 bits per heavy atom. The van der Waals surface area contributed by atoms with Gasteiger partial charge in [-0.25, -0.2) is 0 Å². The predicted octanol–water partition coefficient (Wildman–Crippen LogP) is 2.83. The molecule has 0 spiro atoms. The minimum absolute atomic E-state index is 0.502. The van der Waals surface area contributed by atoms with Crippen molar-refractivity contribution in [2.24, 2.45) is 10.9 Å². The zero-order valence-corrected chi connectivity index (χ0v) is 16.9. The minimum Gasteiger partial charge on any atom is -0.384 e. The van der Waals surface area contributed by atoms with E-state index in [4.69, 9.17) is 9.73 Å². The molecular weight excluding hydrogens is 324 g/mol. The molecule has 1 aliphatic heterocycles. The number of nitrogens with one attached hydrogen (secondary N) is 1. The van der Waals surface area contributed by atoms with Crippen LogP contribution in [0.2, 0.25) is 0 Å². The minimum atomic E-state index is 0.502. The van der Waals surface area contributed by atoms with E-state index in [1.54, 1.807) is 7.11 Å². The zero-order valence-electron chi connectivity index (χ0n) is 16.9. The van der Waals surface area contributed by atoms with Crippen molar-refractivity contribution in [1.82, 2.24) is 15.1 Å². The molecule has 1 aliphatic rings. The Bertz CT molecular complexity index is 534. The van der Waals surface area contributed by atoms with Crippen LogP contribution in [-0.2, 0) is 11.3 Å². The number of aliphatic imine (C=N–C) groups is 1. The van der Waals surface area contributed by atoms with Gasteiger partial charge >= 0.3 is 0 Å². The zero-order chi connectivity index (χ0) is 18.8. The van der Waals surface area contributed by atoms with Crippen LogP contribution in [-0.4, -0.2) is 68.7 Å². The van der Waals surface area contributed by atoms with Gasteiger partial charge < -0.3 is 15.0 Å². The summed E-state index contributed by atoms with van der Waals surface area (Å²) < 4.78 is 5.31. The van der Waals surface area contributed by atoms with E-state index in [2.05, 4.69) is 66.3 Å². The van der Waals surface area contributed by atoms with Gasteiger partial charge in [-0.15, -0.1) is 0 Å². The maximum atomic E-state index is 5.31. The molecule has 0 radical (unpaired) electrons. The van der Waals surface area contributed by atoms with Crippen LogP contribution >= 0.6 is 0 Å². The van der Waals surface area contributed by atoms with Crippen LogP contribution in [0.25, 0.3) is 0 Å². The molecular formula is C21H36N4O. The Morgan fingerprint density at radius 1 is 1.38 bits per heavy atom. The van der Waals surface area contributed by atoms with E-state index in [9.17, 15) is 0 Å². The monoisotopic (exact) mass is 360 g/mol. The first-order valence-electron chi connectivity index (χ1n) is 9.90. The van der Waals surface area contributed by atoms with Crippen molar-refractivity contribution in [2.45, 2.75) is 39.3 Å². The van der Waals surface area contributed by atoms with Crippen LogP contribution in [0.4, 0.5) is 0 Å². The summed E-state index contributed by atoms with van der Waals surface area (Å²) in [4.78, 5) is 9.67. The van der Waals surface area contributed by atoms with Crippen molar-refractivity contribution < 1.29 is 4.74 Å². The summed E-state index contributed by atoms with van der Waals surface area (Å²) in [6, 6.07) is 11.2. The van der Waals surface area contributed by atoms with Crippen molar-refractivity contribution in [3.63, 3.8) is 0 Å². The van der Waals surface area contributed by atoms with E-state index in [-0.39, 0.29) is 0 Å². The number of nitrogens with zero attached hydrogens (tertiary/aromatic N) is 3. The van der Waals surface area contributed by atoms with Crippen molar-refractivity contribution in [3.05, 3.63) is 35.9 Å². The molecule has 146 valence electrons. The first kappa shape index (κ1) is 20.7. The summed E-state index contributed by atoms with van der Waals surface area (Å²) in [6.07, 6.45) is 2.25. The largest absolute Gasteiger partial charge is 0.384 e. The molecule has 0 aliphatic carbocycles. The Morgan fingerprint density at radius 2 is 2.15 bits per heavy atom. The fourth-order valence-corrected chi connectivity index (χ4v) is 3.43. The number of rotatable bonds is 9. The molecule has 1 saturated heterocycles. The van der Waals surface area contributed by atoms with Gasteiger partial charge in [0.05, 0.1) is 6.61 Å². The van der Waals surface area contributed by atoms with Crippen LogP contribution < -0.4 is 5.32 Å². The van der Waals surface area contributed by atoms with Crippen LogP contribution in [0.5, 0.6) is 0 Å². The standard InChI is InChI=1S/C21H36N4O/c1-5-22-21(25-14-12-20(16-25)17-26-4)23-13-11-18(2)24(3)15-19-9-7-6-8-10-19/h6-10,18,20H,5,11-17H2,1-4H3,(H,22,23). The second kappa shape index (κ2) is 11.2. The molecule has 5 heteroatoms. The van der Waals surface area contributed by atoms with Gasteiger partial charge in [0, 0.05) is 51.8 Å². The van der Waals surface area contributed by atoms with Gasteiger partial charge in [0.1, 0.15) is 0 Å². The lowest BCUT2D eigenvalue weighted by Crippen LogP contribution is -2.40. The molecule has 26 heavy (non-hydrogen) atoms. The fourth-order valence-electron chi connectivity index (χ4n) is 3.43. The second-order valence-corrected chi connectivity index (χ2v) is 7.33. The van der Waals surface area contributed by atoms with Crippen molar-refractivity contribution in [1.29, 1.82) is 0 Å². The van der Waals surface area contributed by atoms with Gasteiger partial charge in [-0.1, -0.05) is 30.3 Å². The van der Waals surface area contributed by atoms with Gasteiger partial charge in [-0.3, -0.25) is 9.89 Å². The van der Waals surface area contributed by atoms with Crippen LogP contribution in [0.3, 0.4) is 0 Å². The fraction of sp³-hybridized carbons (Fsp3) is 0.667. The van der Waals surface area contributed by atoms with Gasteiger partial charge in [0.2, 0.25) is 0 Å². The number of benzene rings is 1. The van der Waals surface area contributed by atoms with Crippen molar-refractivity contribution in [2.75, 3.05) is 46.9 Å². The lowest BCUT2D eigenvalue weighted by atomic mass is 10.1. The molecule has 0 aromatic heterocycles. The molecule has 0 saturated carbocycles. The SMILES string of the molecule is CCNC(=NCCC(C)N(C)Cc1ccccc1)N1CCC(COC)C1. The number of hydrogen-bond donors (Lipinski definition) is 1. The number of methoxy groups -OCH3 is 1.